The highest BCUT2D eigenvalue weighted by Crippen LogP contribution is 2.40. The van der Waals surface area contributed by atoms with E-state index in [2.05, 4.69) is 67.7 Å². The summed E-state index contributed by atoms with van der Waals surface area (Å²) >= 11 is 0. The van der Waals surface area contributed by atoms with E-state index in [-0.39, 0.29) is 0 Å². The molecule has 1 heterocycles. The molecule has 0 bridgehead atoms. The van der Waals surface area contributed by atoms with Crippen LogP contribution in [0.2, 0.25) is 0 Å². The molecule has 5 heteroatoms. The third-order valence-electron chi connectivity index (χ3n) is 10.9. The number of nitrogens with zero attached hydrogens (tertiary/aromatic N) is 2. The lowest BCUT2D eigenvalue weighted by atomic mass is 10.1. The summed E-state index contributed by atoms with van der Waals surface area (Å²) in [6.07, 6.45) is 47.5. The molecular formula is C49H89N2O3+. The molecule has 0 aliphatic rings. The van der Waals surface area contributed by atoms with Crippen LogP contribution in [0.1, 0.15) is 232 Å². The van der Waals surface area contributed by atoms with Crippen LogP contribution in [0.4, 0.5) is 0 Å². The van der Waals surface area contributed by atoms with E-state index in [0.29, 0.717) is 6.61 Å². The second kappa shape index (κ2) is 35.3. The van der Waals surface area contributed by atoms with Crippen molar-refractivity contribution in [2.45, 2.75) is 240 Å². The van der Waals surface area contributed by atoms with Crippen molar-refractivity contribution in [2.24, 2.45) is 0 Å². The Hall–Kier alpha value is -2.17. The quantitative estimate of drug-likeness (QED) is 0.0502. The highest BCUT2D eigenvalue weighted by Gasteiger charge is 2.18. The zero-order valence-electron chi connectivity index (χ0n) is 36.5. The lowest BCUT2D eigenvalue weighted by Gasteiger charge is -2.19. The van der Waals surface area contributed by atoms with Gasteiger partial charge in [0.05, 0.1) is 26.4 Å². The Morgan fingerprint density at radius 3 is 1.15 bits per heavy atom. The molecule has 0 fully saturated rings. The number of aryl methyl sites for hydroxylation is 1. The van der Waals surface area contributed by atoms with Crippen LogP contribution in [0.25, 0.3) is 0 Å². The van der Waals surface area contributed by atoms with Gasteiger partial charge >= 0.3 is 0 Å². The van der Waals surface area contributed by atoms with Gasteiger partial charge in [0.1, 0.15) is 18.9 Å². The molecule has 0 saturated heterocycles. The number of ether oxygens (including phenoxy) is 3. The van der Waals surface area contributed by atoms with Crippen molar-refractivity contribution in [3.8, 4) is 17.2 Å². The van der Waals surface area contributed by atoms with Gasteiger partial charge in [-0.3, -0.25) is 0 Å². The Morgan fingerprint density at radius 1 is 0.426 bits per heavy atom. The van der Waals surface area contributed by atoms with E-state index >= 15 is 0 Å². The fourth-order valence-corrected chi connectivity index (χ4v) is 7.52. The number of unbranched alkanes of at least 4 members (excludes halogenated alkanes) is 27. The van der Waals surface area contributed by atoms with Crippen molar-refractivity contribution in [1.82, 2.24) is 4.57 Å². The molecule has 0 unspecified atom stereocenters. The van der Waals surface area contributed by atoms with Crippen LogP contribution < -0.4 is 18.8 Å². The summed E-state index contributed by atoms with van der Waals surface area (Å²) < 4.78 is 24.4. The van der Waals surface area contributed by atoms with Crippen molar-refractivity contribution < 1.29 is 18.8 Å². The van der Waals surface area contributed by atoms with Crippen LogP contribution in [0, 0.1) is 0 Å². The first-order valence-electron chi connectivity index (χ1n) is 23.8. The van der Waals surface area contributed by atoms with E-state index in [1.165, 1.54) is 179 Å². The normalized spacial score (nSPS) is 11.4. The van der Waals surface area contributed by atoms with Gasteiger partial charge in [-0.25, -0.2) is 9.13 Å². The first-order valence-corrected chi connectivity index (χ1v) is 23.8. The molecule has 0 radical (unpaired) electrons. The van der Waals surface area contributed by atoms with E-state index in [9.17, 15) is 0 Å². The molecule has 0 N–H and O–H groups in total. The van der Waals surface area contributed by atoms with E-state index in [4.69, 9.17) is 14.2 Å². The van der Waals surface area contributed by atoms with Gasteiger partial charge in [-0.2, -0.15) is 0 Å². The maximum absolute atomic E-state index is 6.62. The summed E-state index contributed by atoms with van der Waals surface area (Å²) in [6.45, 7) is 13.1. The molecule has 1 aromatic heterocycles. The molecule has 0 aliphatic heterocycles. The zero-order chi connectivity index (χ0) is 38.6. The average molecular weight is 754 g/mol. The number of rotatable bonds is 40. The minimum atomic E-state index is 0.716. The number of benzene rings is 1. The summed E-state index contributed by atoms with van der Waals surface area (Å²) in [5.74, 6) is 2.55. The van der Waals surface area contributed by atoms with Gasteiger partial charge in [0.15, 0.2) is 11.5 Å². The molecule has 0 aliphatic carbocycles. The van der Waals surface area contributed by atoms with Crippen LogP contribution in [0.3, 0.4) is 0 Å². The van der Waals surface area contributed by atoms with Gasteiger partial charge in [0.2, 0.25) is 12.1 Å². The number of imidazole rings is 1. The highest BCUT2D eigenvalue weighted by molar-refractivity contribution is 5.54. The van der Waals surface area contributed by atoms with Crippen LogP contribution >= 0.6 is 0 Å². The van der Waals surface area contributed by atoms with E-state index in [0.717, 1.165) is 69.2 Å². The maximum atomic E-state index is 6.62. The van der Waals surface area contributed by atoms with Gasteiger partial charge in [-0.1, -0.05) is 201 Å². The summed E-state index contributed by atoms with van der Waals surface area (Å²) in [6, 6.07) is 4.45. The Labute approximate surface area is 335 Å². The van der Waals surface area contributed by atoms with Crippen molar-refractivity contribution in [3.63, 3.8) is 0 Å². The Bertz CT molecular complexity index is 1050. The first kappa shape index (κ1) is 48.0. The lowest BCUT2D eigenvalue weighted by molar-refractivity contribution is -0.687. The molecule has 0 saturated carbocycles. The van der Waals surface area contributed by atoms with E-state index in [1.54, 1.807) is 0 Å². The largest absolute Gasteiger partial charge is 0.490 e. The minimum absolute atomic E-state index is 0.716. The van der Waals surface area contributed by atoms with Crippen molar-refractivity contribution >= 4 is 0 Å². The van der Waals surface area contributed by atoms with Crippen LogP contribution in [-0.2, 0) is 13.1 Å². The molecule has 54 heavy (non-hydrogen) atoms. The summed E-state index contributed by atoms with van der Waals surface area (Å²) in [4.78, 5) is 0. The molecule has 312 valence electrons. The van der Waals surface area contributed by atoms with Gasteiger partial charge < -0.3 is 14.2 Å². The fraction of sp³-hybridized carbons (Fsp3) is 0.816. The van der Waals surface area contributed by atoms with Gasteiger partial charge in [0.25, 0.3) is 0 Å². The average Bonchev–Trinajstić information content (AvgIpc) is 3.62. The Kier molecular flexibility index (Phi) is 31.3. The molecule has 0 atom stereocenters. The predicted octanol–water partition coefficient (Wildman–Crippen LogP) is 15.1. The van der Waals surface area contributed by atoms with Crippen LogP contribution in [-0.4, -0.2) is 24.4 Å². The maximum Gasteiger partial charge on any atom is 0.244 e. The van der Waals surface area contributed by atoms with Gasteiger partial charge in [-0.05, 0) is 37.8 Å². The third kappa shape index (κ3) is 25.1. The molecule has 0 spiro atoms. The van der Waals surface area contributed by atoms with Crippen molar-refractivity contribution in [2.75, 3.05) is 19.8 Å². The summed E-state index contributed by atoms with van der Waals surface area (Å²) in [7, 11) is 0. The topological polar surface area (TPSA) is 36.5 Å². The van der Waals surface area contributed by atoms with Gasteiger partial charge in [0, 0.05) is 5.56 Å². The third-order valence-corrected chi connectivity index (χ3v) is 10.9. The second-order valence-corrected chi connectivity index (χ2v) is 16.3. The van der Waals surface area contributed by atoms with E-state index < -0.39 is 0 Å². The Morgan fingerprint density at radius 2 is 0.778 bits per heavy atom. The zero-order valence-corrected chi connectivity index (χ0v) is 36.5. The number of hydrogen-bond acceptors (Lipinski definition) is 3. The lowest BCUT2D eigenvalue weighted by Crippen LogP contribution is -2.31. The first-order chi connectivity index (χ1) is 26.7. The number of hydrogen-bond donors (Lipinski definition) is 0. The second-order valence-electron chi connectivity index (χ2n) is 16.3. The number of aromatic nitrogens is 2. The van der Waals surface area contributed by atoms with Crippen LogP contribution in [0.15, 0.2) is 30.9 Å². The monoisotopic (exact) mass is 754 g/mol. The predicted molar refractivity (Wildman–Crippen MR) is 232 cm³/mol. The van der Waals surface area contributed by atoms with Crippen molar-refractivity contribution in [1.29, 1.82) is 0 Å². The summed E-state index contributed by atoms with van der Waals surface area (Å²) in [5, 5.41) is 0. The molecule has 2 rings (SSSR count). The smallest absolute Gasteiger partial charge is 0.244 e. The SMILES string of the molecule is CCCCCCCCCCCCOc1cc(C[n+]2ccn(CCC)c2)cc(OCCCCCCCCCCCC)c1OCCCCCCCCCCCC. The summed E-state index contributed by atoms with van der Waals surface area (Å²) in [5.41, 5.74) is 1.21. The molecule has 5 nitrogen and oxygen atoms in total. The van der Waals surface area contributed by atoms with E-state index in [1.807, 2.05) is 0 Å². The Balaban J connectivity index is 2.01. The molecule has 2 aromatic rings. The standard InChI is InChI=1S/C49H89N2O3/c1-5-9-12-15-18-21-24-27-30-33-39-52-47-42-46(44-51-38-37-50(45-51)36-8-4)43-48(53-40-34-31-28-25-22-19-16-13-10-6-2)49(47)54-41-35-32-29-26-23-20-17-14-11-7-3/h37-38,42-43,45H,5-36,39-41,44H2,1-4H3/q+1. The molecular weight excluding hydrogens is 665 g/mol. The highest BCUT2D eigenvalue weighted by atomic mass is 16.5. The van der Waals surface area contributed by atoms with Crippen molar-refractivity contribution in [3.05, 3.63) is 36.4 Å². The van der Waals surface area contributed by atoms with Gasteiger partial charge in [-0.15, -0.1) is 0 Å². The molecule has 0 amide bonds. The van der Waals surface area contributed by atoms with Crippen LogP contribution in [0.5, 0.6) is 17.2 Å². The minimum Gasteiger partial charge on any atom is -0.490 e. The fourth-order valence-electron chi connectivity index (χ4n) is 7.52. The molecule has 1 aromatic carbocycles.